The molecule has 0 saturated heterocycles. The number of aromatic nitrogens is 1. The monoisotopic (exact) mass is 628 g/mol. The molecule has 47 heavy (non-hydrogen) atoms. The van der Waals surface area contributed by atoms with E-state index >= 15 is 0 Å². The molecule has 236 valence electrons. The Kier molecular flexibility index (Phi) is 11.6. The SMILES string of the molecule is CN(C)C=O.O=C(Nc1ccccc1NC(=O)c1cccc(C(=O)Nc2ccccc2NC(=O)c2ccccc2)n1)c1ccccc1. The van der Waals surface area contributed by atoms with E-state index in [1.165, 1.54) is 17.0 Å². The van der Waals surface area contributed by atoms with E-state index in [0.717, 1.165) is 6.41 Å². The van der Waals surface area contributed by atoms with Crippen molar-refractivity contribution < 1.29 is 24.0 Å². The molecule has 0 radical (unpaired) electrons. The van der Waals surface area contributed by atoms with Crippen LogP contribution in [0.1, 0.15) is 41.7 Å². The Balaban J connectivity index is 0.000000930. The first-order valence-corrected chi connectivity index (χ1v) is 14.4. The van der Waals surface area contributed by atoms with E-state index in [9.17, 15) is 24.0 Å². The number of rotatable bonds is 9. The number of amides is 5. The maximum Gasteiger partial charge on any atom is 0.274 e. The summed E-state index contributed by atoms with van der Waals surface area (Å²) in [7, 11) is 3.38. The Morgan fingerprint density at radius 3 is 1.09 bits per heavy atom. The van der Waals surface area contributed by atoms with Crippen LogP contribution in [0.4, 0.5) is 22.7 Å². The fourth-order valence-corrected chi connectivity index (χ4v) is 4.03. The van der Waals surface area contributed by atoms with Gasteiger partial charge in [0.05, 0.1) is 22.7 Å². The third-order valence-corrected chi connectivity index (χ3v) is 6.34. The lowest BCUT2D eigenvalue weighted by molar-refractivity contribution is -0.115. The third kappa shape index (κ3) is 9.68. The number of nitrogens with zero attached hydrogens (tertiary/aromatic N) is 2. The van der Waals surface area contributed by atoms with Crippen LogP contribution in [-0.4, -0.2) is 54.0 Å². The topological polar surface area (TPSA) is 150 Å². The molecular weight excluding hydrogens is 596 g/mol. The Labute approximate surface area is 271 Å². The summed E-state index contributed by atoms with van der Waals surface area (Å²) in [6.07, 6.45) is 0.750. The number of hydrogen-bond donors (Lipinski definition) is 4. The number of carbonyl (C=O) groups excluding carboxylic acids is 5. The van der Waals surface area contributed by atoms with Crippen molar-refractivity contribution in [3.05, 3.63) is 150 Å². The van der Waals surface area contributed by atoms with Gasteiger partial charge in [0.2, 0.25) is 6.41 Å². The van der Waals surface area contributed by atoms with Crippen molar-refractivity contribution in [2.75, 3.05) is 35.4 Å². The van der Waals surface area contributed by atoms with Gasteiger partial charge >= 0.3 is 0 Å². The molecule has 5 amide bonds. The van der Waals surface area contributed by atoms with Crippen LogP contribution in [0, 0.1) is 0 Å². The first-order valence-electron chi connectivity index (χ1n) is 14.4. The van der Waals surface area contributed by atoms with Crippen LogP contribution in [0.15, 0.2) is 127 Å². The average molecular weight is 629 g/mol. The van der Waals surface area contributed by atoms with Crippen molar-refractivity contribution >= 4 is 52.8 Å². The molecule has 0 spiro atoms. The highest BCUT2D eigenvalue weighted by Gasteiger charge is 2.17. The first kappa shape index (κ1) is 33.3. The molecule has 1 aromatic heterocycles. The molecule has 0 unspecified atom stereocenters. The number of hydrogen-bond acceptors (Lipinski definition) is 6. The molecule has 4 N–H and O–H groups in total. The molecule has 1 heterocycles. The molecule has 0 bridgehead atoms. The minimum absolute atomic E-state index is 0.00231. The number of nitrogens with one attached hydrogen (secondary N) is 4. The van der Waals surface area contributed by atoms with E-state index < -0.39 is 11.8 Å². The average Bonchev–Trinajstić information content (AvgIpc) is 3.11. The third-order valence-electron chi connectivity index (χ3n) is 6.34. The highest BCUT2D eigenvalue weighted by atomic mass is 16.2. The minimum Gasteiger partial charge on any atom is -0.351 e. The van der Waals surface area contributed by atoms with E-state index in [2.05, 4.69) is 26.3 Å². The summed E-state index contributed by atoms with van der Waals surface area (Å²) in [4.78, 5) is 66.6. The number of anilines is 4. The normalized spacial score (nSPS) is 9.91. The quantitative estimate of drug-likeness (QED) is 0.152. The zero-order chi connectivity index (χ0) is 33.6. The lowest BCUT2D eigenvalue weighted by Gasteiger charge is -2.13. The van der Waals surface area contributed by atoms with Crippen LogP contribution >= 0.6 is 0 Å². The summed E-state index contributed by atoms with van der Waals surface area (Å²) in [5, 5.41) is 11.1. The first-order chi connectivity index (χ1) is 22.7. The zero-order valence-electron chi connectivity index (χ0n) is 25.6. The number of benzene rings is 4. The van der Waals surface area contributed by atoms with Crippen LogP contribution in [0.3, 0.4) is 0 Å². The molecule has 0 aliphatic rings. The Morgan fingerprint density at radius 1 is 0.468 bits per heavy atom. The Bertz CT molecular complexity index is 1740. The summed E-state index contributed by atoms with van der Waals surface area (Å²) in [5.41, 5.74) is 2.49. The highest BCUT2D eigenvalue weighted by Crippen LogP contribution is 2.24. The Hall–Kier alpha value is -6.62. The summed E-state index contributed by atoms with van der Waals surface area (Å²) >= 11 is 0. The van der Waals surface area contributed by atoms with Crippen LogP contribution in [0.5, 0.6) is 0 Å². The van der Waals surface area contributed by atoms with Crippen LogP contribution < -0.4 is 21.3 Å². The van der Waals surface area contributed by atoms with Crippen molar-refractivity contribution in [2.24, 2.45) is 0 Å². The van der Waals surface area contributed by atoms with Crippen molar-refractivity contribution in [1.29, 1.82) is 0 Å². The van der Waals surface area contributed by atoms with E-state index in [1.54, 1.807) is 117 Å². The molecule has 0 fully saturated rings. The molecule has 0 atom stereocenters. The van der Waals surface area contributed by atoms with E-state index in [-0.39, 0.29) is 23.2 Å². The maximum atomic E-state index is 13.1. The lowest BCUT2D eigenvalue weighted by atomic mass is 10.2. The summed E-state index contributed by atoms with van der Waals surface area (Å²) in [6.45, 7) is 0. The van der Waals surface area contributed by atoms with Gasteiger partial charge < -0.3 is 26.2 Å². The van der Waals surface area contributed by atoms with Crippen LogP contribution in [0.2, 0.25) is 0 Å². The van der Waals surface area contributed by atoms with Gasteiger partial charge in [0.15, 0.2) is 0 Å². The highest BCUT2D eigenvalue weighted by molar-refractivity contribution is 6.11. The van der Waals surface area contributed by atoms with Gasteiger partial charge in [-0.1, -0.05) is 66.7 Å². The molecule has 5 aromatic rings. The molecular formula is C36H32N6O5. The van der Waals surface area contributed by atoms with Crippen LogP contribution in [0.25, 0.3) is 0 Å². The predicted octanol–water partition coefficient (Wildman–Crippen LogP) is 5.80. The second kappa shape index (κ2) is 16.5. The zero-order valence-corrected chi connectivity index (χ0v) is 25.6. The Morgan fingerprint density at radius 2 is 0.766 bits per heavy atom. The van der Waals surface area contributed by atoms with E-state index in [0.29, 0.717) is 33.9 Å². The molecule has 11 heteroatoms. The van der Waals surface area contributed by atoms with Crippen molar-refractivity contribution in [3.63, 3.8) is 0 Å². The molecule has 4 aromatic carbocycles. The summed E-state index contributed by atoms with van der Waals surface area (Å²) in [5.74, 6) is -1.79. The molecule has 11 nitrogen and oxygen atoms in total. The predicted molar refractivity (Wildman–Crippen MR) is 182 cm³/mol. The molecule has 0 aliphatic heterocycles. The van der Waals surface area contributed by atoms with Crippen LogP contribution in [-0.2, 0) is 4.79 Å². The summed E-state index contributed by atoms with van der Waals surface area (Å²) < 4.78 is 0. The largest absolute Gasteiger partial charge is 0.351 e. The number of pyridine rings is 1. The second-order valence-electron chi connectivity index (χ2n) is 10.1. The van der Waals surface area contributed by atoms with Gasteiger partial charge in [0.1, 0.15) is 11.4 Å². The lowest BCUT2D eigenvalue weighted by Crippen LogP contribution is -2.20. The van der Waals surface area contributed by atoms with Gasteiger partial charge in [-0.15, -0.1) is 0 Å². The second-order valence-corrected chi connectivity index (χ2v) is 10.1. The smallest absolute Gasteiger partial charge is 0.274 e. The molecule has 0 saturated carbocycles. The maximum absolute atomic E-state index is 13.1. The number of para-hydroxylation sites is 4. The molecule has 5 rings (SSSR count). The van der Waals surface area contributed by atoms with Gasteiger partial charge in [-0.25, -0.2) is 4.98 Å². The fourth-order valence-electron chi connectivity index (χ4n) is 4.03. The van der Waals surface area contributed by atoms with Gasteiger partial charge in [-0.2, -0.15) is 0 Å². The minimum atomic E-state index is -0.568. The van der Waals surface area contributed by atoms with Gasteiger partial charge in [-0.05, 0) is 60.7 Å². The standard InChI is InChI=1S/C33H25N5O4.C3H7NO/c39-30(22-12-3-1-4-13-22)35-24-16-7-9-18-26(24)37-32(41)28-20-11-21-29(34-28)33(42)38-27-19-10-8-17-25(27)36-31(40)23-14-5-2-6-15-23;1-4(2)3-5/h1-21H,(H,35,39)(H,36,40)(H,37,41)(H,38,42);3H,1-2H3. The summed E-state index contributed by atoms with van der Waals surface area (Å²) in [6, 6.07) is 35.5. The van der Waals surface area contributed by atoms with E-state index in [4.69, 9.17) is 0 Å². The van der Waals surface area contributed by atoms with Crippen molar-refractivity contribution in [3.8, 4) is 0 Å². The van der Waals surface area contributed by atoms with Crippen molar-refractivity contribution in [1.82, 2.24) is 9.88 Å². The van der Waals surface area contributed by atoms with Gasteiger partial charge in [-0.3, -0.25) is 24.0 Å². The number of carbonyl (C=O) groups is 5. The van der Waals surface area contributed by atoms with E-state index in [1.807, 2.05) is 12.1 Å². The van der Waals surface area contributed by atoms with Gasteiger partial charge in [0, 0.05) is 25.2 Å². The fraction of sp³-hybridized carbons (Fsp3) is 0.0556. The van der Waals surface area contributed by atoms with Crippen molar-refractivity contribution in [2.45, 2.75) is 0 Å². The van der Waals surface area contributed by atoms with Gasteiger partial charge in [0.25, 0.3) is 23.6 Å². The molecule has 0 aliphatic carbocycles.